The van der Waals surface area contributed by atoms with Crippen LogP contribution in [0, 0.1) is 13.8 Å². The Morgan fingerprint density at radius 3 is 2.93 bits per heavy atom. The number of rotatable bonds is 2. The van der Waals surface area contributed by atoms with Gasteiger partial charge in [0.05, 0.1) is 12.3 Å². The molecule has 0 saturated heterocycles. The molecule has 80 valence electrons. The van der Waals surface area contributed by atoms with E-state index in [0.29, 0.717) is 18.9 Å². The van der Waals surface area contributed by atoms with Crippen LogP contribution in [0.5, 0.6) is 0 Å². The Morgan fingerprint density at radius 1 is 1.53 bits per heavy atom. The number of hydrogen-bond acceptors (Lipinski definition) is 3. The third-order valence-electron chi connectivity index (χ3n) is 2.67. The monoisotopic (exact) mass is 206 g/mol. The maximum Gasteiger partial charge on any atom is 0.202 e. The van der Waals surface area contributed by atoms with Crippen molar-refractivity contribution in [1.82, 2.24) is 9.55 Å². The maximum absolute atomic E-state index is 11.8. The van der Waals surface area contributed by atoms with Crippen molar-refractivity contribution in [2.45, 2.75) is 20.3 Å². The lowest BCUT2D eigenvalue weighted by Crippen LogP contribution is -2.16. The number of hydrogen-bond donors (Lipinski definition) is 0. The highest BCUT2D eigenvalue weighted by Gasteiger charge is 2.22. The van der Waals surface area contributed by atoms with Gasteiger partial charge in [0.2, 0.25) is 5.78 Å². The zero-order valence-electron chi connectivity index (χ0n) is 9.20. The van der Waals surface area contributed by atoms with Gasteiger partial charge in [0.15, 0.2) is 5.82 Å². The topological polar surface area (TPSA) is 44.1 Å². The molecule has 0 aromatic carbocycles. The summed E-state index contributed by atoms with van der Waals surface area (Å²) in [6, 6.07) is 0. The van der Waals surface area contributed by atoms with Crippen molar-refractivity contribution in [3.8, 4) is 0 Å². The smallest absolute Gasteiger partial charge is 0.202 e. The van der Waals surface area contributed by atoms with Crippen molar-refractivity contribution in [1.29, 1.82) is 0 Å². The van der Waals surface area contributed by atoms with Crippen molar-refractivity contribution >= 4 is 12.0 Å². The van der Waals surface area contributed by atoms with Crippen molar-refractivity contribution in [2.24, 2.45) is 0 Å². The molecule has 4 nitrogen and oxygen atoms in total. The summed E-state index contributed by atoms with van der Waals surface area (Å²) < 4.78 is 6.89. The number of Topliss-reactive ketones (excluding diaryl/α,β-unsaturated/α-hetero) is 1. The SMILES string of the molecule is COCC1=Cn2c(nc(C)c2C)C(=O)C1. The number of imidazole rings is 1. The molecule has 0 saturated carbocycles. The van der Waals surface area contributed by atoms with Gasteiger partial charge in [-0.25, -0.2) is 4.98 Å². The van der Waals surface area contributed by atoms with E-state index >= 15 is 0 Å². The molecule has 0 atom stereocenters. The molecule has 0 amide bonds. The Kier molecular flexibility index (Phi) is 2.44. The van der Waals surface area contributed by atoms with Crippen molar-refractivity contribution in [3.05, 3.63) is 22.8 Å². The Hall–Kier alpha value is -1.42. The summed E-state index contributed by atoms with van der Waals surface area (Å²) >= 11 is 0. The molecule has 1 aliphatic rings. The third-order valence-corrected chi connectivity index (χ3v) is 2.67. The summed E-state index contributed by atoms with van der Waals surface area (Å²) in [5, 5.41) is 0. The first kappa shape index (κ1) is 10.1. The van der Waals surface area contributed by atoms with Gasteiger partial charge < -0.3 is 9.30 Å². The van der Waals surface area contributed by atoms with E-state index in [-0.39, 0.29) is 5.78 Å². The second kappa shape index (κ2) is 3.62. The minimum Gasteiger partial charge on any atom is -0.380 e. The van der Waals surface area contributed by atoms with E-state index in [4.69, 9.17) is 4.74 Å². The number of ether oxygens (including phenoxy) is 1. The van der Waals surface area contributed by atoms with Crippen LogP contribution >= 0.6 is 0 Å². The molecule has 0 N–H and O–H groups in total. The van der Waals surface area contributed by atoms with Gasteiger partial charge >= 0.3 is 0 Å². The van der Waals surface area contributed by atoms with E-state index in [1.54, 1.807) is 7.11 Å². The molecule has 0 fully saturated rings. The second-order valence-electron chi connectivity index (χ2n) is 3.80. The van der Waals surface area contributed by atoms with Gasteiger partial charge in [0.1, 0.15) is 0 Å². The zero-order valence-corrected chi connectivity index (χ0v) is 9.20. The van der Waals surface area contributed by atoms with Gasteiger partial charge in [0, 0.05) is 25.4 Å². The van der Waals surface area contributed by atoms with E-state index in [1.165, 1.54) is 0 Å². The molecule has 1 aliphatic heterocycles. The van der Waals surface area contributed by atoms with Crippen LogP contribution in [0.3, 0.4) is 0 Å². The van der Waals surface area contributed by atoms with Gasteiger partial charge in [0.25, 0.3) is 0 Å². The number of carbonyl (C=O) groups is 1. The van der Waals surface area contributed by atoms with Crippen molar-refractivity contribution in [3.63, 3.8) is 0 Å². The molecule has 0 unspecified atom stereocenters. The van der Waals surface area contributed by atoms with Crippen LogP contribution in [0.1, 0.15) is 28.4 Å². The Labute approximate surface area is 88.6 Å². The molecule has 0 aliphatic carbocycles. The largest absolute Gasteiger partial charge is 0.380 e. The van der Waals surface area contributed by atoms with E-state index in [0.717, 1.165) is 17.0 Å². The van der Waals surface area contributed by atoms with Crippen LogP contribution < -0.4 is 0 Å². The minimum absolute atomic E-state index is 0.0701. The number of carbonyl (C=O) groups excluding carboxylic acids is 1. The number of nitrogens with zero attached hydrogens (tertiary/aromatic N) is 2. The normalized spacial score (nSPS) is 15.1. The quantitative estimate of drug-likeness (QED) is 0.737. The predicted octanol–water partition coefficient (Wildman–Crippen LogP) is 1.57. The van der Waals surface area contributed by atoms with Gasteiger partial charge in [-0.2, -0.15) is 0 Å². The van der Waals surface area contributed by atoms with Crippen molar-refractivity contribution < 1.29 is 9.53 Å². The average Bonchev–Trinajstić information content (AvgIpc) is 2.46. The summed E-state index contributed by atoms with van der Waals surface area (Å²) in [6.45, 7) is 4.38. The first-order valence-electron chi connectivity index (χ1n) is 4.90. The summed E-state index contributed by atoms with van der Waals surface area (Å²) in [4.78, 5) is 16.0. The summed E-state index contributed by atoms with van der Waals surface area (Å²) in [5.41, 5.74) is 2.93. The fourth-order valence-electron chi connectivity index (χ4n) is 1.77. The number of methoxy groups -OCH3 is 1. The van der Waals surface area contributed by atoms with Crippen LogP contribution in [0.4, 0.5) is 0 Å². The summed E-state index contributed by atoms with van der Waals surface area (Å²) in [5.74, 6) is 0.616. The average molecular weight is 206 g/mol. The van der Waals surface area contributed by atoms with Crippen LogP contribution in [-0.2, 0) is 4.74 Å². The van der Waals surface area contributed by atoms with Gasteiger partial charge in [-0.15, -0.1) is 0 Å². The Balaban J connectivity index is 2.49. The molecular weight excluding hydrogens is 192 g/mol. The zero-order chi connectivity index (χ0) is 11.0. The standard InChI is InChI=1S/C11H14N2O2/c1-7-8(2)13-5-9(6-15-3)4-10(14)11(13)12-7/h5H,4,6H2,1-3H3. The van der Waals surface area contributed by atoms with E-state index in [9.17, 15) is 4.79 Å². The van der Waals surface area contributed by atoms with Crippen LogP contribution in [0.25, 0.3) is 6.20 Å². The van der Waals surface area contributed by atoms with E-state index < -0.39 is 0 Å². The highest BCUT2D eigenvalue weighted by Crippen LogP contribution is 2.21. The first-order chi connectivity index (χ1) is 7.13. The first-order valence-corrected chi connectivity index (χ1v) is 4.90. The lowest BCUT2D eigenvalue weighted by molar-refractivity contribution is 0.0971. The van der Waals surface area contributed by atoms with Crippen molar-refractivity contribution in [2.75, 3.05) is 13.7 Å². The molecule has 0 radical (unpaired) electrons. The Morgan fingerprint density at radius 2 is 2.27 bits per heavy atom. The number of aryl methyl sites for hydroxylation is 1. The molecule has 1 aromatic heterocycles. The molecule has 0 spiro atoms. The van der Waals surface area contributed by atoms with E-state index in [1.807, 2.05) is 24.6 Å². The van der Waals surface area contributed by atoms with Crippen LogP contribution in [0.15, 0.2) is 5.57 Å². The van der Waals surface area contributed by atoms with E-state index in [2.05, 4.69) is 4.98 Å². The fraction of sp³-hybridized carbons (Fsp3) is 0.455. The third kappa shape index (κ3) is 1.61. The molecule has 2 heterocycles. The number of fused-ring (bicyclic) bond motifs is 1. The fourth-order valence-corrected chi connectivity index (χ4v) is 1.77. The molecular formula is C11H14N2O2. The van der Waals surface area contributed by atoms with Crippen LogP contribution in [-0.4, -0.2) is 29.1 Å². The molecule has 4 heteroatoms. The predicted molar refractivity (Wildman–Crippen MR) is 56.8 cm³/mol. The number of aromatic nitrogens is 2. The Bertz CT molecular complexity index is 444. The molecule has 1 aromatic rings. The highest BCUT2D eigenvalue weighted by atomic mass is 16.5. The molecule has 2 rings (SSSR count). The summed E-state index contributed by atoms with van der Waals surface area (Å²) in [7, 11) is 1.63. The lowest BCUT2D eigenvalue weighted by atomic mass is 10.1. The van der Waals surface area contributed by atoms with Crippen LogP contribution in [0.2, 0.25) is 0 Å². The number of ketones is 1. The van der Waals surface area contributed by atoms with Gasteiger partial charge in [-0.05, 0) is 19.4 Å². The molecule has 15 heavy (non-hydrogen) atoms. The maximum atomic E-state index is 11.8. The molecule has 0 bridgehead atoms. The lowest BCUT2D eigenvalue weighted by Gasteiger charge is -2.14. The van der Waals surface area contributed by atoms with Gasteiger partial charge in [-0.3, -0.25) is 4.79 Å². The second-order valence-corrected chi connectivity index (χ2v) is 3.80. The summed E-state index contributed by atoms with van der Waals surface area (Å²) in [6.07, 6.45) is 2.37. The van der Waals surface area contributed by atoms with Gasteiger partial charge in [-0.1, -0.05) is 0 Å². The minimum atomic E-state index is 0.0701. The highest BCUT2D eigenvalue weighted by molar-refractivity contribution is 5.97.